The summed E-state index contributed by atoms with van der Waals surface area (Å²) in [5.74, 6) is -0.236. The zero-order chi connectivity index (χ0) is 16.4. The van der Waals surface area contributed by atoms with Crippen LogP contribution in [0.5, 0.6) is 0 Å². The number of thiazole rings is 1. The van der Waals surface area contributed by atoms with Crippen LogP contribution in [0.4, 0.5) is 4.39 Å². The van der Waals surface area contributed by atoms with Gasteiger partial charge in [-0.3, -0.25) is 9.69 Å². The Morgan fingerprint density at radius 3 is 2.57 bits per heavy atom. The van der Waals surface area contributed by atoms with Gasteiger partial charge >= 0.3 is 0 Å². The van der Waals surface area contributed by atoms with E-state index in [1.807, 2.05) is 29.3 Å². The first-order valence-electron chi connectivity index (χ1n) is 7.67. The van der Waals surface area contributed by atoms with Gasteiger partial charge in [0.1, 0.15) is 16.9 Å². The Bertz CT molecular complexity index is 653. The maximum absolute atomic E-state index is 13.2. The first-order valence-corrected chi connectivity index (χ1v) is 8.55. The monoisotopic (exact) mass is 333 g/mol. The molecule has 1 heterocycles. The molecule has 0 spiro atoms. The van der Waals surface area contributed by atoms with Gasteiger partial charge in [-0.1, -0.05) is 12.1 Å². The molecule has 0 N–H and O–H groups in total. The Kier molecular flexibility index (Phi) is 4.73. The van der Waals surface area contributed by atoms with Gasteiger partial charge in [0.25, 0.3) is 0 Å². The molecular weight excluding hydrogens is 313 g/mol. The smallest absolute Gasteiger partial charge is 0.245 e. The van der Waals surface area contributed by atoms with Crippen LogP contribution in [-0.2, 0) is 11.3 Å². The van der Waals surface area contributed by atoms with Crippen molar-refractivity contribution < 1.29 is 9.18 Å². The summed E-state index contributed by atoms with van der Waals surface area (Å²) in [5, 5.41) is 2.87. The van der Waals surface area contributed by atoms with Crippen molar-refractivity contribution in [3.8, 4) is 0 Å². The Morgan fingerprint density at radius 2 is 2.04 bits per heavy atom. The summed E-state index contributed by atoms with van der Waals surface area (Å²) in [6, 6.07) is 6.08. The average molecular weight is 333 g/mol. The van der Waals surface area contributed by atoms with Crippen molar-refractivity contribution in [1.82, 2.24) is 14.8 Å². The molecule has 0 aliphatic heterocycles. The lowest BCUT2D eigenvalue weighted by Gasteiger charge is -2.30. The van der Waals surface area contributed by atoms with Crippen LogP contribution in [0.15, 0.2) is 35.8 Å². The molecule has 0 unspecified atom stereocenters. The lowest BCUT2D eigenvalue weighted by Crippen LogP contribution is -2.41. The minimum absolute atomic E-state index is 0.0549. The van der Waals surface area contributed by atoms with Gasteiger partial charge in [0.2, 0.25) is 5.91 Å². The Labute approximate surface area is 139 Å². The summed E-state index contributed by atoms with van der Waals surface area (Å²) in [7, 11) is 3.75. The Morgan fingerprint density at radius 1 is 1.35 bits per heavy atom. The molecule has 0 radical (unpaired) electrons. The molecule has 122 valence electrons. The molecule has 6 heteroatoms. The van der Waals surface area contributed by atoms with Gasteiger partial charge in [0.15, 0.2) is 0 Å². The molecule has 1 aromatic heterocycles. The van der Waals surface area contributed by atoms with E-state index in [1.54, 1.807) is 29.7 Å². The fourth-order valence-corrected chi connectivity index (χ4v) is 3.33. The highest BCUT2D eigenvalue weighted by Gasteiger charge is 2.37. The largest absolute Gasteiger partial charge is 0.331 e. The number of benzene rings is 1. The zero-order valence-corrected chi connectivity index (χ0v) is 14.1. The van der Waals surface area contributed by atoms with Gasteiger partial charge < -0.3 is 4.90 Å². The predicted molar refractivity (Wildman–Crippen MR) is 88.5 cm³/mol. The van der Waals surface area contributed by atoms with Crippen LogP contribution in [0.1, 0.15) is 29.5 Å². The van der Waals surface area contributed by atoms with Crippen LogP contribution in [0.25, 0.3) is 0 Å². The molecular formula is C17H20FN3OS. The van der Waals surface area contributed by atoms with E-state index in [-0.39, 0.29) is 11.7 Å². The molecule has 1 aromatic carbocycles. The van der Waals surface area contributed by atoms with Crippen molar-refractivity contribution in [2.75, 3.05) is 14.1 Å². The van der Waals surface area contributed by atoms with Crippen LogP contribution < -0.4 is 0 Å². The van der Waals surface area contributed by atoms with Gasteiger partial charge in [-0.2, -0.15) is 0 Å². The maximum atomic E-state index is 13.2. The number of rotatable bonds is 6. The summed E-state index contributed by atoms with van der Waals surface area (Å²) in [5.41, 5.74) is 0.811. The number of nitrogens with zero attached hydrogens (tertiary/aromatic N) is 3. The van der Waals surface area contributed by atoms with Gasteiger partial charge in [-0.05, 0) is 44.6 Å². The lowest BCUT2D eigenvalue weighted by molar-refractivity contribution is -0.137. The first kappa shape index (κ1) is 16.1. The molecule has 1 aliphatic rings. The molecule has 1 amide bonds. The summed E-state index contributed by atoms with van der Waals surface area (Å²) in [4.78, 5) is 21.2. The number of carbonyl (C=O) groups is 1. The zero-order valence-electron chi connectivity index (χ0n) is 13.3. The normalized spacial score (nSPS) is 15.7. The molecule has 3 rings (SSSR count). The van der Waals surface area contributed by atoms with Crippen molar-refractivity contribution in [3.63, 3.8) is 0 Å². The molecule has 1 fully saturated rings. The number of aromatic nitrogens is 1. The molecule has 4 nitrogen and oxygen atoms in total. The molecule has 2 aromatic rings. The molecule has 1 saturated carbocycles. The third kappa shape index (κ3) is 3.76. The van der Waals surface area contributed by atoms with Crippen LogP contribution in [-0.4, -0.2) is 40.8 Å². The molecule has 0 saturated heterocycles. The fourth-order valence-electron chi connectivity index (χ4n) is 2.71. The van der Waals surface area contributed by atoms with Crippen LogP contribution in [0, 0.1) is 5.82 Å². The first-order chi connectivity index (χ1) is 11.1. The van der Waals surface area contributed by atoms with Crippen molar-refractivity contribution in [2.45, 2.75) is 31.5 Å². The Balaban J connectivity index is 1.84. The standard InChI is InChI=1S/C17H20FN3OS/c1-20(2)16(12-3-5-13(18)6-4-12)17(22)21(14-7-8-14)11-15-19-9-10-23-15/h3-6,9-10,14,16H,7-8,11H2,1-2H3/t16-/m1/s1. The number of carbonyl (C=O) groups excluding carboxylic acids is 1. The van der Waals surface area contributed by atoms with Crippen LogP contribution in [0.2, 0.25) is 0 Å². The second-order valence-electron chi connectivity index (χ2n) is 6.04. The van der Waals surface area contributed by atoms with E-state index in [0.29, 0.717) is 12.6 Å². The van der Waals surface area contributed by atoms with Crippen LogP contribution in [0.3, 0.4) is 0 Å². The summed E-state index contributed by atoms with van der Waals surface area (Å²) in [6.07, 6.45) is 3.85. The third-order valence-electron chi connectivity index (χ3n) is 4.00. The van der Waals surface area contributed by atoms with Gasteiger partial charge in [-0.15, -0.1) is 11.3 Å². The quantitative estimate of drug-likeness (QED) is 0.815. The van der Waals surface area contributed by atoms with Crippen molar-refractivity contribution in [1.29, 1.82) is 0 Å². The average Bonchev–Trinajstić information content (AvgIpc) is 3.23. The number of hydrogen-bond donors (Lipinski definition) is 0. The van der Waals surface area contributed by atoms with Crippen LogP contribution >= 0.6 is 11.3 Å². The van der Waals surface area contributed by atoms with E-state index in [0.717, 1.165) is 23.4 Å². The molecule has 1 atom stereocenters. The summed E-state index contributed by atoms with van der Waals surface area (Å²) < 4.78 is 13.2. The van der Waals surface area contributed by atoms with Gasteiger partial charge in [-0.25, -0.2) is 9.37 Å². The second-order valence-corrected chi connectivity index (χ2v) is 7.02. The topological polar surface area (TPSA) is 36.4 Å². The SMILES string of the molecule is CN(C)[C@@H](C(=O)N(Cc1nccs1)C1CC1)c1ccc(F)cc1. The number of halogens is 1. The molecule has 23 heavy (non-hydrogen) atoms. The van der Waals surface area contributed by atoms with E-state index in [1.165, 1.54) is 12.1 Å². The summed E-state index contributed by atoms with van der Waals surface area (Å²) >= 11 is 1.56. The van der Waals surface area contributed by atoms with Gasteiger partial charge in [0.05, 0.1) is 6.54 Å². The summed E-state index contributed by atoms with van der Waals surface area (Å²) in [6.45, 7) is 0.548. The van der Waals surface area contributed by atoms with E-state index in [4.69, 9.17) is 0 Å². The van der Waals surface area contributed by atoms with E-state index < -0.39 is 6.04 Å². The predicted octanol–water partition coefficient (Wildman–Crippen LogP) is 3.08. The third-order valence-corrected chi connectivity index (χ3v) is 4.76. The van der Waals surface area contributed by atoms with Crippen molar-refractivity contribution in [3.05, 3.63) is 52.2 Å². The molecule has 0 bridgehead atoms. The van der Waals surface area contributed by atoms with E-state index in [9.17, 15) is 9.18 Å². The number of amides is 1. The fraction of sp³-hybridized carbons (Fsp3) is 0.412. The highest BCUT2D eigenvalue weighted by atomic mass is 32.1. The van der Waals surface area contributed by atoms with E-state index in [2.05, 4.69) is 4.98 Å². The van der Waals surface area contributed by atoms with Crippen molar-refractivity contribution in [2.24, 2.45) is 0 Å². The highest BCUT2D eigenvalue weighted by molar-refractivity contribution is 7.09. The maximum Gasteiger partial charge on any atom is 0.245 e. The number of hydrogen-bond acceptors (Lipinski definition) is 4. The highest BCUT2D eigenvalue weighted by Crippen LogP contribution is 2.32. The van der Waals surface area contributed by atoms with Gasteiger partial charge in [0, 0.05) is 17.6 Å². The second kappa shape index (κ2) is 6.76. The van der Waals surface area contributed by atoms with E-state index >= 15 is 0 Å². The lowest BCUT2D eigenvalue weighted by atomic mass is 10.0. The minimum Gasteiger partial charge on any atom is -0.331 e. The Hall–Kier alpha value is -1.79. The minimum atomic E-state index is -0.406. The number of likely N-dealkylation sites (N-methyl/N-ethyl adjacent to an activating group) is 1. The van der Waals surface area contributed by atoms with Crippen molar-refractivity contribution >= 4 is 17.2 Å². The molecule has 1 aliphatic carbocycles.